The summed E-state index contributed by atoms with van der Waals surface area (Å²) >= 11 is 3.38. The van der Waals surface area contributed by atoms with Crippen molar-refractivity contribution in [2.75, 3.05) is 7.11 Å². The zero-order valence-corrected chi connectivity index (χ0v) is 16.4. The highest BCUT2D eigenvalue weighted by Gasteiger charge is 2.17. The predicted octanol–water partition coefficient (Wildman–Crippen LogP) is 5.38. The molecule has 0 aromatic heterocycles. The van der Waals surface area contributed by atoms with Crippen molar-refractivity contribution in [3.63, 3.8) is 0 Å². The highest BCUT2D eigenvalue weighted by molar-refractivity contribution is 9.10. The molecule has 0 radical (unpaired) electrons. The van der Waals surface area contributed by atoms with Crippen LogP contribution in [-0.2, 0) is 0 Å². The highest BCUT2D eigenvalue weighted by Crippen LogP contribution is 2.32. The van der Waals surface area contributed by atoms with Crippen molar-refractivity contribution in [1.82, 2.24) is 5.32 Å². The van der Waals surface area contributed by atoms with Gasteiger partial charge in [-0.1, -0.05) is 29.8 Å². The third kappa shape index (κ3) is 4.18. The van der Waals surface area contributed by atoms with Crippen LogP contribution in [0.15, 0.2) is 40.9 Å². The van der Waals surface area contributed by atoms with Gasteiger partial charge in [0.25, 0.3) is 5.91 Å². The van der Waals surface area contributed by atoms with Crippen molar-refractivity contribution in [3.05, 3.63) is 63.1 Å². The molecule has 24 heavy (non-hydrogen) atoms. The van der Waals surface area contributed by atoms with E-state index in [9.17, 15) is 4.79 Å². The van der Waals surface area contributed by atoms with Crippen molar-refractivity contribution >= 4 is 21.8 Å². The van der Waals surface area contributed by atoms with Gasteiger partial charge in [0.05, 0.1) is 13.2 Å². The maximum atomic E-state index is 12.4. The Kier molecular flexibility index (Phi) is 6.05. The average molecular weight is 390 g/mol. The Morgan fingerprint density at radius 2 is 1.71 bits per heavy atom. The van der Waals surface area contributed by atoms with Crippen LogP contribution < -0.4 is 10.1 Å². The van der Waals surface area contributed by atoms with Gasteiger partial charge < -0.3 is 10.1 Å². The summed E-state index contributed by atoms with van der Waals surface area (Å²) in [6.45, 7) is 8.34. The second-order valence-corrected chi connectivity index (χ2v) is 7.22. The minimum absolute atomic E-state index is 0.0729. The van der Waals surface area contributed by atoms with Gasteiger partial charge in [-0.25, -0.2) is 0 Å². The number of carbonyl (C=O) groups excluding carboxylic acids is 1. The molecule has 0 aliphatic carbocycles. The molecule has 0 spiro atoms. The topological polar surface area (TPSA) is 38.3 Å². The van der Waals surface area contributed by atoms with Crippen LogP contribution in [-0.4, -0.2) is 13.0 Å². The summed E-state index contributed by atoms with van der Waals surface area (Å²) < 4.78 is 6.45. The van der Waals surface area contributed by atoms with Gasteiger partial charge in [0.15, 0.2) is 0 Å². The fraction of sp³-hybridized carbons (Fsp3) is 0.350. The van der Waals surface area contributed by atoms with E-state index in [1.54, 1.807) is 7.11 Å². The number of carbonyl (C=O) groups is 1. The molecule has 0 heterocycles. The molecule has 0 saturated carbocycles. The monoisotopic (exact) mass is 389 g/mol. The Bertz CT molecular complexity index is 723. The van der Waals surface area contributed by atoms with E-state index < -0.39 is 0 Å². The smallest absolute Gasteiger partial charge is 0.251 e. The van der Waals surface area contributed by atoms with Crippen LogP contribution in [0.2, 0.25) is 0 Å². The summed E-state index contributed by atoms with van der Waals surface area (Å²) in [7, 11) is 1.69. The molecule has 2 aromatic rings. The maximum absolute atomic E-state index is 12.4. The van der Waals surface area contributed by atoms with Crippen LogP contribution >= 0.6 is 15.9 Å². The highest BCUT2D eigenvalue weighted by atomic mass is 79.9. The number of methoxy groups -OCH3 is 1. The van der Waals surface area contributed by atoms with Gasteiger partial charge in [-0.05, 0) is 72.9 Å². The Morgan fingerprint density at radius 1 is 1.08 bits per heavy atom. The van der Waals surface area contributed by atoms with Crippen LogP contribution in [0.25, 0.3) is 0 Å². The minimum atomic E-state index is -0.0791. The first kappa shape index (κ1) is 18.5. The van der Waals surface area contributed by atoms with Crippen molar-refractivity contribution in [2.45, 2.75) is 39.7 Å². The molecule has 1 atom stereocenters. The molecule has 0 aliphatic heterocycles. The van der Waals surface area contributed by atoms with E-state index in [4.69, 9.17) is 4.74 Å². The molecule has 2 rings (SSSR count). The number of nitrogens with one attached hydrogen (secondary N) is 1. The number of hydrogen-bond acceptors (Lipinski definition) is 2. The van der Waals surface area contributed by atoms with Gasteiger partial charge in [-0.2, -0.15) is 0 Å². The molecule has 1 amide bonds. The number of hydrogen-bond donors (Lipinski definition) is 1. The molecular weight excluding hydrogens is 366 g/mol. The Balaban J connectivity index is 2.25. The number of benzene rings is 2. The lowest BCUT2D eigenvalue weighted by Gasteiger charge is -2.21. The van der Waals surface area contributed by atoms with E-state index in [1.807, 2.05) is 44.2 Å². The second-order valence-electron chi connectivity index (χ2n) is 6.31. The summed E-state index contributed by atoms with van der Waals surface area (Å²) in [5.41, 5.74) is 4.04. The van der Waals surface area contributed by atoms with Crippen LogP contribution in [0.1, 0.15) is 59.8 Å². The summed E-state index contributed by atoms with van der Waals surface area (Å²) in [6, 6.07) is 11.5. The minimum Gasteiger partial charge on any atom is -0.496 e. The summed E-state index contributed by atoms with van der Waals surface area (Å²) in [5.74, 6) is 1.18. The van der Waals surface area contributed by atoms with Gasteiger partial charge >= 0.3 is 0 Å². The predicted molar refractivity (Wildman–Crippen MR) is 102 cm³/mol. The first-order chi connectivity index (χ1) is 11.3. The lowest BCUT2D eigenvalue weighted by atomic mass is 9.93. The van der Waals surface area contributed by atoms with Crippen molar-refractivity contribution < 1.29 is 9.53 Å². The lowest BCUT2D eigenvalue weighted by Crippen LogP contribution is -2.27. The Morgan fingerprint density at radius 3 is 2.25 bits per heavy atom. The van der Waals surface area contributed by atoms with E-state index in [0.717, 1.165) is 26.9 Å². The first-order valence-electron chi connectivity index (χ1n) is 8.08. The fourth-order valence-corrected chi connectivity index (χ4v) is 3.03. The van der Waals surface area contributed by atoms with Crippen molar-refractivity contribution in [2.24, 2.45) is 0 Å². The van der Waals surface area contributed by atoms with E-state index in [0.29, 0.717) is 11.5 Å². The molecule has 1 N–H and O–H groups in total. The average Bonchev–Trinajstić information content (AvgIpc) is 2.54. The molecule has 1 unspecified atom stereocenters. The molecule has 128 valence electrons. The van der Waals surface area contributed by atoms with Gasteiger partial charge in [0, 0.05) is 10.0 Å². The van der Waals surface area contributed by atoms with Crippen molar-refractivity contribution in [3.8, 4) is 5.75 Å². The summed E-state index contributed by atoms with van der Waals surface area (Å²) in [6.07, 6.45) is 0. The van der Waals surface area contributed by atoms with Crippen LogP contribution in [0, 0.1) is 6.92 Å². The molecule has 4 heteroatoms. The number of amides is 1. The normalized spacial score (nSPS) is 12.1. The number of halogens is 1. The maximum Gasteiger partial charge on any atom is 0.251 e. The van der Waals surface area contributed by atoms with E-state index in [1.165, 1.54) is 0 Å². The second kappa shape index (κ2) is 7.84. The SMILES string of the molecule is COc1cc(C)c(C(C)NC(=O)c2ccc(Br)cc2)cc1C(C)C. The molecule has 0 saturated heterocycles. The number of aryl methyl sites for hydroxylation is 1. The Labute approximate surface area is 152 Å². The van der Waals surface area contributed by atoms with Gasteiger partial charge in [0.2, 0.25) is 0 Å². The van der Waals surface area contributed by atoms with E-state index in [2.05, 4.69) is 41.2 Å². The lowest BCUT2D eigenvalue weighted by molar-refractivity contribution is 0.0940. The zero-order chi connectivity index (χ0) is 17.9. The molecular formula is C20H24BrNO2. The number of rotatable bonds is 5. The van der Waals surface area contributed by atoms with Crippen LogP contribution in [0.4, 0.5) is 0 Å². The van der Waals surface area contributed by atoms with Gasteiger partial charge in [-0.15, -0.1) is 0 Å². The third-order valence-electron chi connectivity index (χ3n) is 4.16. The Hall–Kier alpha value is -1.81. The summed E-state index contributed by atoms with van der Waals surface area (Å²) in [4.78, 5) is 12.4. The van der Waals surface area contributed by atoms with Gasteiger partial charge in [0.1, 0.15) is 5.75 Å². The summed E-state index contributed by atoms with van der Waals surface area (Å²) in [5, 5.41) is 3.08. The van der Waals surface area contributed by atoms with Crippen LogP contribution in [0.5, 0.6) is 5.75 Å². The molecule has 2 aromatic carbocycles. The standard InChI is InChI=1S/C20H24BrNO2/c1-12(2)17-11-18(13(3)10-19(17)24-5)14(4)22-20(23)15-6-8-16(21)9-7-15/h6-12,14H,1-5H3,(H,22,23). The van der Waals surface area contributed by atoms with Gasteiger partial charge in [-0.3, -0.25) is 4.79 Å². The molecule has 0 aliphatic rings. The van der Waals surface area contributed by atoms with Crippen LogP contribution in [0.3, 0.4) is 0 Å². The largest absolute Gasteiger partial charge is 0.496 e. The zero-order valence-electron chi connectivity index (χ0n) is 14.8. The van der Waals surface area contributed by atoms with E-state index >= 15 is 0 Å². The first-order valence-corrected chi connectivity index (χ1v) is 8.87. The molecule has 0 bridgehead atoms. The third-order valence-corrected chi connectivity index (χ3v) is 4.69. The van der Waals surface area contributed by atoms with Crippen molar-refractivity contribution in [1.29, 1.82) is 0 Å². The molecule has 3 nitrogen and oxygen atoms in total. The quantitative estimate of drug-likeness (QED) is 0.744. The molecule has 0 fully saturated rings. The van der Waals surface area contributed by atoms with E-state index in [-0.39, 0.29) is 11.9 Å². The fourth-order valence-electron chi connectivity index (χ4n) is 2.77. The number of ether oxygens (including phenoxy) is 1.